The van der Waals surface area contributed by atoms with Crippen LogP contribution in [0.2, 0.25) is 0 Å². The first-order valence-corrected chi connectivity index (χ1v) is 7.29. The van der Waals surface area contributed by atoms with Crippen LogP contribution in [0, 0.1) is 17.8 Å². The van der Waals surface area contributed by atoms with E-state index in [9.17, 15) is 4.79 Å². The van der Waals surface area contributed by atoms with Gasteiger partial charge in [-0.25, -0.2) is 0 Å². The van der Waals surface area contributed by atoms with Crippen molar-refractivity contribution in [1.82, 2.24) is 0 Å². The normalized spacial score (nSPS) is 30.8. The van der Waals surface area contributed by atoms with E-state index >= 15 is 0 Å². The van der Waals surface area contributed by atoms with Gasteiger partial charge in [0, 0.05) is 11.5 Å². The summed E-state index contributed by atoms with van der Waals surface area (Å²) in [4.78, 5) is 12.2. The Morgan fingerprint density at radius 2 is 1.82 bits per heavy atom. The van der Waals surface area contributed by atoms with Gasteiger partial charge in [-0.1, -0.05) is 51.3 Å². The molecule has 17 heavy (non-hydrogen) atoms. The molecule has 0 radical (unpaired) electrons. The van der Waals surface area contributed by atoms with Crippen molar-refractivity contribution in [3.8, 4) is 0 Å². The third kappa shape index (κ3) is 2.88. The van der Waals surface area contributed by atoms with Crippen LogP contribution in [0.15, 0.2) is 23.8 Å². The summed E-state index contributed by atoms with van der Waals surface area (Å²) in [6.07, 6.45) is 13.9. The fraction of sp³-hybridized carbons (Fsp3) is 0.688. The quantitative estimate of drug-likeness (QED) is 0.694. The summed E-state index contributed by atoms with van der Waals surface area (Å²) < 4.78 is 0. The van der Waals surface area contributed by atoms with E-state index in [1.54, 1.807) is 0 Å². The molecule has 0 amide bonds. The number of Topliss-reactive ketones (excluding diaryl/α,β-unsaturated/α-hetero) is 1. The average molecular weight is 232 g/mol. The van der Waals surface area contributed by atoms with Gasteiger partial charge in [-0.3, -0.25) is 4.79 Å². The van der Waals surface area contributed by atoms with Crippen molar-refractivity contribution in [2.24, 2.45) is 17.8 Å². The van der Waals surface area contributed by atoms with Crippen molar-refractivity contribution in [3.63, 3.8) is 0 Å². The molecule has 2 fully saturated rings. The molecule has 3 aliphatic carbocycles. The maximum Gasteiger partial charge on any atom is 0.165 e. The summed E-state index contributed by atoms with van der Waals surface area (Å²) in [6, 6.07) is 0. The molecule has 2 unspecified atom stereocenters. The first-order valence-electron chi connectivity index (χ1n) is 7.29. The third-order valence-corrected chi connectivity index (χ3v) is 4.07. The standard InChI is InChI=1S/C14H18O.C2H6/c15-14(10-4-2-1-3-5-10)12-7-6-11-8-13(11)9-12;1-2/h6-7,9-11,13H,1-5,8H2;1-2H3. The third-order valence-electron chi connectivity index (χ3n) is 4.07. The molecule has 0 N–H and O–H groups in total. The lowest BCUT2D eigenvalue weighted by Gasteiger charge is -2.21. The minimum Gasteiger partial charge on any atom is -0.294 e. The second-order valence-corrected chi connectivity index (χ2v) is 5.24. The summed E-state index contributed by atoms with van der Waals surface area (Å²) in [6.45, 7) is 4.00. The monoisotopic (exact) mass is 232 g/mol. The molecule has 1 heteroatoms. The molecule has 1 nitrogen and oxygen atoms in total. The first-order chi connectivity index (χ1) is 8.34. The van der Waals surface area contributed by atoms with Crippen molar-refractivity contribution in [1.29, 1.82) is 0 Å². The molecule has 0 aromatic rings. The van der Waals surface area contributed by atoms with E-state index in [0.29, 0.717) is 17.6 Å². The fourth-order valence-corrected chi connectivity index (χ4v) is 2.93. The SMILES string of the molecule is CC.O=C(C1=CC2CC2C=C1)C1CCCCC1. The number of carbonyl (C=O) groups is 1. The van der Waals surface area contributed by atoms with Crippen molar-refractivity contribution >= 4 is 5.78 Å². The lowest BCUT2D eigenvalue weighted by Crippen LogP contribution is -2.19. The van der Waals surface area contributed by atoms with Gasteiger partial charge in [-0.2, -0.15) is 0 Å². The van der Waals surface area contributed by atoms with E-state index in [1.807, 2.05) is 13.8 Å². The maximum atomic E-state index is 12.2. The lowest BCUT2D eigenvalue weighted by molar-refractivity contribution is -0.119. The molecule has 0 saturated heterocycles. The van der Waals surface area contributed by atoms with Crippen molar-refractivity contribution in [2.75, 3.05) is 0 Å². The molecule has 3 aliphatic rings. The Kier molecular flexibility index (Phi) is 4.20. The topological polar surface area (TPSA) is 17.1 Å². The second kappa shape index (κ2) is 5.66. The Morgan fingerprint density at radius 1 is 1.12 bits per heavy atom. The Balaban J connectivity index is 0.000000514. The molecule has 2 atom stereocenters. The van der Waals surface area contributed by atoms with Crippen LogP contribution in [0.25, 0.3) is 0 Å². The fourth-order valence-electron chi connectivity index (χ4n) is 2.93. The summed E-state index contributed by atoms with van der Waals surface area (Å²) in [5, 5.41) is 0. The molecule has 0 bridgehead atoms. The van der Waals surface area contributed by atoms with Gasteiger partial charge >= 0.3 is 0 Å². The van der Waals surface area contributed by atoms with Crippen molar-refractivity contribution < 1.29 is 4.79 Å². The predicted octanol–water partition coefficient (Wildman–Crippen LogP) is 4.29. The van der Waals surface area contributed by atoms with Crippen LogP contribution in [-0.2, 0) is 4.79 Å². The number of hydrogen-bond donors (Lipinski definition) is 0. The van der Waals surface area contributed by atoms with E-state index in [0.717, 1.165) is 24.3 Å². The van der Waals surface area contributed by atoms with Gasteiger partial charge < -0.3 is 0 Å². The summed E-state index contributed by atoms with van der Waals surface area (Å²) in [5.74, 6) is 2.24. The van der Waals surface area contributed by atoms with E-state index < -0.39 is 0 Å². The van der Waals surface area contributed by atoms with E-state index in [-0.39, 0.29) is 0 Å². The average Bonchev–Trinajstić information content (AvgIpc) is 3.19. The van der Waals surface area contributed by atoms with Gasteiger partial charge in [0.05, 0.1) is 0 Å². The molecule has 94 valence electrons. The predicted molar refractivity (Wildman–Crippen MR) is 71.8 cm³/mol. The Bertz CT molecular complexity index is 331. The number of rotatable bonds is 2. The van der Waals surface area contributed by atoms with Gasteiger partial charge in [0.15, 0.2) is 5.78 Å². The molecular formula is C16H24O. The first kappa shape index (κ1) is 12.6. The maximum absolute atomic E-state index is 12.2. The van der Waals surface area contributed by atoms with Crippen LogP contribution >= 0.6 is 0 Å². The molecule has 0 aliphatic heterocycles. The second-order valence-electron chi connectivity index (χ2n) is 5.24. The summed E-state index contributed by atoms with van der Waals surface area (Å²) >= 11 is 0. The number of ketones is 1. The van der Waals surface area contributed by atoms with Gasteiger partial charge in [0.1, 0.15) is 0 Å². The van der Waals surface area contributed by atoms with Crippen LogP contribution in [0.3, 0.4) is 0 Å². The summed E-state index contributed by atoms with van der Waals surface area (Å²) in [5.41, 5.74) is 1.01. The van der Waals surface area contributed by atoms with Crippen LogP contribution in [0.5, 0.6) is 0 Å². The van der Waals surface area contributed by atoms with E-state index in [1.165, 1.54) is 25.7 Å². The number of fused-ring (bicyclic) bond motifs is 1. The van der Waals surface area contributed by atoms with Crippen molar-refractivity contribution in [3.05, 3.63) is 23.8 Å². The molecule has 0 aromatic heterocycles. The molecule has 0 heterocycles. The minimum absolute atomic E-state index is 0.338. The molecule has 0 spiro atoms. The highest BCUT2D eigenvalue weighted by Gasteiger charge is 2.36. The van der Waals surface area contributed by atoms with Gasteiger partial charge in [0.2, 0.25) is 0 Å². The molecule has 0 aromatic carbocycles. The Hall–Kier alpha value is -0.850. The zero-order valence-corrected chi connectivity index (χ0v) is 11.1. The Morgan fingerprint density at radius 3 is 2.47 bits per heavy atom. The summed E-state index contributed by atoms with van der Waals surface area (Å²) in [7, 11) is 0. The van der Waals surface area contributed by atoms with Gasteiger partial charge in [-0.15, -0.1) is 0 Å². The molecule has 2 saturated carbocycles. The van der Waals surface area contributed by atoms with E-state index in [4.69, 9.17) is 0 Å². The zero-order valence-electron chi connectivity index (χ0n) is 11.1. The smallest absolute Gasteiger partial charge is 0.165 e. The lowest BCUT2D eigenvalue weighted by atomic mass is 9.83. The minimum atomic E-state index is 0.338. The van der Waals surface area contributed by atoms with Crippen LogP contribution in [0.4, 0.5) is 0 Å². The highest BCUT2D eigenvalue weighted by atomic mass is 16.1. The van der Waals surface area contributed by atoms with Crippen LogP contribution in [-0.4, -0.2) is 5.78 Å². The highest BCUT2D eigenvalue weighted by molar-refractivity contribution is 6.00. The molecular weight excluding hydrogens is 208 g/mol. The number of allylic oxidation sites excluding steroid dienone is 4. The van der Waals surface area contributed by atoms with Gasteiger partial charge in [-0.05, 0) is 31.1 Å². The van der Waals surface area contributed by atoms with Crippen LogP contribution < -0.4 is 0 Å². The Labute approximate surface area is 105 Å². The number of carbonyl (C=O) groups excluding carboxylic acids is 1. The largest absolute Gasteiger partial charge is 0.294 e. The highest BCUT2D eigenvalue weighted by Crippen LogP contribution is 2.45. The number of hydrogen-bond acceptors (Lipinski definition) is 1. The van der Waals surface area contributed by atoms with Crippen molar-refractivity contribution in [2.45, 2.75) is 52.4 Å². The van der Waals surface area contributed by atoms with Gasteiger partial charge in [0.25, 0.3) is 0 Å². The van der Waals surface area contributed by atoms with Crippen LogP contribution in [0.1, 0.15) is 52.4 Å². The van der Waals surface area contributed by atoms with E-state index in [2.05, 4.69) is 18.2 Å². The molecule has 3 rings (SSSR count). The zero-order chi connectivity index (χ0) is 12.3.